The first kappa shape index (κ1) is 18.6. The molecular weight excluding hydrogens is 315 g/mol. The number of hydrogen-bond donors (Lipinski definition) is 3. The Bertz CT molecular complexity index is 532. The van der Waals surface area contributed by atoms with E-state index in [0.717, 1.165) is 0 Å². The molecule has 23 heavy (non-hydrogen) atoms. The molecule has 0 saturated heterocycles. The topological polar surface area (TPSA) is 93.5 Å². The number of carbonyl (C=O) groups excluding carboxylic acids is 2. The third kappa shape index (κ3) is 7.93. The number of halogens is 3. The van der Waals surface area contributed by atoms with Crippen molar-refractivity contribution in [3.8, 4) is 5.75 Å². The van der Waals surface area contributed by atoms with Gasteiger partial charge in [-0.1, -0.05) is 12.1 Å². The third-order valence-electron chi connectivity index (χ3n) is 2.79. The number of alkyl halides is 3. The second kappa shape index (κ2) is 8.25. The van der Waals surface area contributed by atoms with Crippen molar-refractivity contribution in [1.82, 2.24) is 10.6 Å². The fourth-order valence-corrected chi connectivity index (χ4v) is 1.65. The molecule has 128 valence electrons. The van der Waals surface area contributed by atoms with Crippen LogP contribution in [0.2, 0.25) is 0 Å². The summed E-state index contributed by atoms with van der Waals surface area (Å²) in [6.45, 7) is 0.472. The van der Waals surface area contributed by atoms with Gasteiger partial charge in [0.1, 0.15) is 5.75 Å². The quantitative estimate of drug-likeness (QED) is 0.711. The number of urea groups is 1. The van der Waals surface area contributed by atoms with E-state index in [1.165, 1.54) is 12.1 Å². The summed E-state index contributed by atoms with van der Waals surface area (Å²) in [5.74, 6) is -0.433. The summed E-state index contributed by atoms with van der Waals surface area (Å²) in [6.07, 6.45) is -4.36. The summed E-state index contributed by atoms with van der Waals surface area (Å²) in [6, 6.07) is 5.05. The molecule has 0 aliphatic carbocycles. The van der Waals surface area contributed by atoms with Crippen molar-refractivity contribution in [3.05, 3.63) is 29.8 Å². The second-order valence-corrected chi connectivity index (χ2v) is 4.81. The highest BCUT2D eigenvalue weighted by molar-refractivity contribution is 5.77. The van der Waals surface area contributed by atoms with Gasteiger partial charge in [0.05, 0.1) is 6.04 Å². The van der Waals surface area contributed by atoms with E-state index in [0.29, 0.717) is 5.56 Å². The minimum Gasteiger partial charge on any atom is -0.484 e. The molecule has 1 rings (SSSR count). The number of benzene rings is 1. The second-order valence-electron chi connectivity index (χ2n) is 4.81. The minimum atomic E-state index is -4.39. The molecule has 0 radical (unpaired) electrons. The van der Waals surface area contributed by atoms with Gasteiger partial charge in [-0.15, -0.1) is 0 Å². The van der Waals surface area contributed by atoms with E-state index in [9.17, 15) is 22.8 Å². The van der Waals surface area contributed by atoms with Crippen molar-refractivity contribution >= 4 is 11.9 Å². The normalized spacial score (nSPS) is 12.3. The molecule has 0 heterocycles. The van der Waals surface area contributed by atoms with Crippen LogP contribution >= 0.6 is 0 Å². The molecule has 1 atom stereocenters. The molecule has 1 aromatic rings. The Balaban J connectivity index is 2.45. The van der Waals surface area contributed by atoms with E-state index in [1.54, 1.807) is 19.1 Å². The van der Waals surface area contributed by atoms with Gasteiger partial charge >= 0.3 is 12.2 Å². The maximum Gasteiger partial charge on any atom is 0.422 e. The van der Waals surface area contributed by atoms with Crippen molar-refractivity contribution in [2.45, 2.75) is 25.6 Å². The van der Waals surface area contributed by atoms with Crippen LogP contribution in [0.15, 0.2) is 24.3 Å². The molecule has 6 nitrogen and oxygen atoms in total. The van der Waals surface area contributed by atoms with Crippen molar-refractivity contribution in [2.75, 3.05) is 13.2 Å². The first-order chi connectivity index (χ1) is 10.7. The Labute approximate surface area is 131 Å². The summed E-state index contributed by atoms with van der Waals surface area (Å²) >= 11 is 0. The highest BCUT2D eigenvalue weighted by Crippen LogP contribution is 2.20. The van der Waals surface area contributed by atoms with Gasteiger partial charge in [-0.25, -0.2) is 4.79 Å². The minimum absolute atomic E-state index is 0.0348. The molecule has 0 aromatic heterocycles. The van der Waals surface area contributed by atoms with Crippen LogP contribution < -0.4 is 21.1 Å². The maximum absolute atomic E-state index is 12.0. The lowest BCUT2D eigenvalue weighted by Crippen LogP contribution is -2.38. The fraction of sp³-hybridized carbons (Fsp3) is 0.429. The highest BCUT2D eigenvalue weighted by Gasteiger charge is 2.28. The fourth-order valence-electron chi connectivity index (χ4n) is 1.65. The highest BCUT2D eigenvalue weighted by atomic mass is 19.4. The van der Waals surface area contributed by atoms with Gasteiger partial charge in [0.2, 0.25) is 5.91 Å². The molecule has 0 spiro atoms. The molecule has 0 aliphatic rings. The maximum atomic E-state index is 12.0. The Morgan fingerprint density at radius 1 is 1.26 bits per heavy atom. The Hall–Kier alpha value is -2.45. The predicted octanol–water partition coefficient (Wildman–Crippen LogP) is 1.86. The summed E-state index contributed by atoms with van der Waals surface area (Å²) in [7, 11) is 0. The van der Waals surface area contributed by atoms with Crippen molar-refractivity contribution in [2.24, 2.45) is 5.73 Å². The Kier molecular flexibility index (Phi) is 6.67. The zero-order chi connectivity index (χ0) is 17.5. The van der Waals surface area contributed by atoms with Crippen molar-refractivity contribution in [3.63, 3.8) is 0 Å². The number of rotatable bonds is 7. The van der Waals surface area contributed by atoms with Crippen molar-refractivity contribution < 1.29 is 27.5 Å². The number of nitrogens with two attached hydrogens (primary N) is 1. The lowest BCUT2D eigenvalue weighted by Gasteiger charge is -2.16. The molecule has 0 bridgehead atoms. The van der Waals surface area contributed by atoms with Gasteiger partial charge < -0.3 is 21.1 Å². The number of ether oxygens (including phenoxy) is 1. The van der Waals surface area contributed by atoms with E-state index in [2.05, 4.69) is 15.4 Å². The lowest BCUT2D eigenvalue weighted by atomic mass is 10.1. The lowest BCUT2D eigenvalue weighted by molar-refractivity contribution is -0.153. The smallest absolute Gasteiger partial charge is 0.422 e. The van der Waals surface area contributed by atoms with Gasteiger partial charge in [0.25, 0.3) is 0 Å². The zero-order valence-corrected chi connectivity index (χ0v) is 12.4. The average Bonchev–Trinajstić information content (AvgIpc) is 2.44. The van der Waals surface area contributed by atoms with E-state index in [4.69, 9.17) is 5.73 Å². The number of carbonyl (C=O) groups is 2. The van der Waals surface area contributed by atoms with Crippen LogP contribution in [-0.4, -0.2) is 31.3 Å². The summed E-state index contributed by atoms with van der Waals surface area (Å²) in [5, 5.41) is 5.09. The Morgan fingerprint density at radius 2 is 1.87 bits per heavy atom. The van der Waals surface area contributed by atoms with E-state index >= 15 is 0 Å². The monoisotopic (exact) mass is 333 g/mol. The molecule has 1 aromatic carbocycles. The van der Waals surface area contributed by atoms with Crippen LogP contribution in [0.3, 0.4) is 0 Å². The summed E-state index contributed by atoms with van der Waals surface area (Å²) < 4.78 is 40.7. The van der Waals surface area contributed by atoms with Gasteiger partial charge in [0, 0.05) is 13.0 Å². The molecule has 0 aliphatic heterocycles. The summed E-state index contributed by atoms with van der Waals surface area (Å²) in [5.41, 5.74) is 5.63. The number of primary amides is 1. The molecule has 0 fully saturated rings. The molecule has 3 amide bonds. The average molecular weight is 333 g/mol. The van der Waals surface area contributed by atoms with Crippen LogP contribution in [-0.2, 0) is 4.79 Å². The van der Waals surface area contributed by atoms with Crippen LogP contribution in [0.25, 0.3) is 0 Å². The standard InChI is InChI=1S/C14H18F3N3O3/c1-9(20-13(22)19-7-6-12(18)21)10-2-4-11(5-3-10)23-8-14(15,16)17/h2-5,9H,6-8H2,1H3,(H2,18,21)(H2,19,20,22). The van der Waals surface area contributed by atoms with E-state index in [-0.39, 0.29) is 24.8 Å². The Morgan fingerprint density at radius 3 is 2.39 bits per heavy atom. The zero-order valence-electron chi connectivity index (χ0n) is 12.4. The molecule has 0 saturated carbocycles. The van der Waals surface area contributed by atoms with E-state index < -0.39 is 24.7 Å². The summed E-state index contributed by atoms with van der Waals surface area (Å²) in [4.78, 5) is 22.1. The van der Waals surface area contributed by atoms with Crippen LogP contribution in [0.1, 0.15) is 24.9 Å². The van der Waals surface area contributed by atoms with Crippen molar-refractivity contribution in [1.29, 1.82) is 0 Å². The molecular formula is C14H18F3N3O3. The number of nitrogens with one attached hydrogen (secondary N) is 2. The first-order valence-electron chi connectivity index (χ1n) is 6.79. The molecule has 4 N–H and O–H groups in total. The molecule has 1 unspecified atom stereocenters. The number of hydrogen-bond acceptors (Lipinski definition) is 3. The third-order valence-corrected chi connectivity index (χ3v) is 2.79. The molecule has 9 heteroatoms. The van der Waals surface area contributed by atoms with Crippen LogP contribution in [0.5, 0.6) is 5.75 Å². The first-order valence-corrected chi connectivity index (χ1v) is 6.79. The SMILES string of the molecule is CC(NC(=O)NCCC(N)=O)c1ccc(OCC(F)(F)F)cc1. The van der Waals surface area contributed by atoms with Gasteiger partial charge in [0.15, 0.2) is 6.61 Å². The van der Waals surface area contributed by atoms with Crippen LogP contribution in [0, 0.1) is 0 Å². The van der Waals surface area contributed by atoms with E-state index in [1.807, 2.05) is 0 Å². The largest absolute Gasteiger partial charge is 0.484 e. The van der Waals surface area contributed by atoms with Gasteiger partial charge in [-0.2, -0.15) is 13.2 Å². The number of amides is 3. The van der Waals surface area contributed by atoms with Gasteiger partial charge in [-0.3, -0.25) is 4.79 Å². The van der Waals surface area contributed by atoms with Crippen LogP contribution in [0.4, 0.5) is 18.0 Å². The van der Waals surface area contributed by atoms with Gasteiger partial charge in [-0.05, 0) is 24.6 Å². The predicted molar refractivity (Wildman–Crippen MR) is 76.8 cm³/mol.